The van der Waals surface area contributed by atoms with E-state index >= 15 is 0 Å². The van der Waals surface area contributed by atoms with Gasteiger partial charge in [0.25, 0.3) is 5.91 Å². The maximum Gasteiger partial charge on any atom is 0.255 e. The van der Waals surface area contributed by atoms with Crippen molar-refractivity contribution >= 4 is 33.2 Å². The molecule has 0 aromatic heterocycles. The second kappa shape index (κ2) is 6.72. The quantitative estimate of drug-likeness (QED) is 0.852. The fourth-order valence-electron chi connectivity index (χ4n) is 3.72. The Labute approximate surface area is 164 Å². The highest BCUT2D eigenvalue weighted by atomic mass is 32.2. The predicted octanol–water partition coefficient (Wildman–Crippen LogP) is 2.02. The molecule has 2 amide bonds. The third-order valence-electron chi connectivity index (χ3n) is 5.20. The molecule has 1 N–H and O–H groups in total. The van der Waals surface area contributed by atoms with E-state index in [1.807, 2.05) is 17.0 Å². The summed E-state index contributed by atoms with van der Waals surface area (Å²) in [6, 6.07) is 9.71. The third-order valence-corrected chi connectivity index (χ3v) is 7.03. The molecule has 2 aliphatic heterocycles. The lowest BCUT2D eigenvalue weighted by atomic mass is 9.98. The summed E-state index contributed by atoms with van der Waals surface area (Å²) >= 11 is 0. The van der Waals surface area contributed by atoms with Crippen LogP contribution in [0.1, 0.15) is 27.9 Å². The van der Waals surface area contributed by atoms with E-state index in [9.17, 15) is 18.0 Å². The van der Waals surface area contributed by atoms with E-state index in [1.54, 1.807) is 0 Å². The van der Waals surface area contributed by atoms with Crippen LogP contribution in [-0.2, 0) is 27.7 Å². The Morgan fingerprint density at radius 3 is 2.32 bits per heavy atom. The lowest BCUT2D eigenvalue weighted by molar-refractivity contribution is -0.118. The van der Waals surface area contributed by atoms with Crippen LogP contribution in [0.25, 0.3) is 0 Å². The molecule has 146 valence electrons. The molecule has 2 aromatic rings. The minimum atomic E-state index is -3.53. The summed E-state index contributed by atoms with van der Waals surface area (Å²) in [6.45, 7) is 0.695. The van der Waals surface area contributed by atoms with E-state index in [0.717, 1.165) is 27.5 Å². The number of nitrogens with zero attached hydrogens (tertiary/aromatic N) is 2. The smallest absolute Gasteiger partial charge is 0.255 e. The van der Waals surface area contributed by atoms with E-state index in [0.29, 0.717) is 30.6 Å². The molecule has 0 radical (unpaired) electrons. The summed E-state index contributed by atoms with van der Waals surface area (Å²) in [7, 11) is -0.601. The molecule has 0 saturated heterocycles. The number of carbonyl (C=O) groups is 2. The van der Waals surface area contributed by atoms with Crippen molar-refractivity contribution in [2.45, 2.75) is 24.2 Å². The van der Waals surface area contributed by atoms with Gasteiger partial charge in [0.05, 0.1) is 10.6 Å². The molecule has 0 saturated carbocycles. The van der Waals surface area contributed by atoms with Crippen LogP contribution in [0.2, 0.25) is 0 Å². The zero-order valence-electron chi connectivity index (χ0n) is 15.7. The van der Waals surface area contributed by atoms with Crippen LogP contribution in [0.4, 0.5) is 11.4 Å². The Bertz CT molecular complexity index is 1080. The van der Waals surface area contributed by atoms with Crippen LogP contribution in [0.15, 0.2) is 41.3 Å². The monoisotopic (exact) mass is 399 g/mol. The van der Waals surface area contributed by atoms with E-state index in [1.165, 1.54) is 38.4 Å². The van der Waals surface area contributed by atoms with Gasteiger partial charge in [0.2, 0.25) is 15.9 Å². The highest BCUT2D eigenvalue weighted by Crippen LogP contribution is 2.38. The predicted molar refractivity (Wildman–Crippen MR) is 106 cm³/mol. The standard InChI is InChI=1S/C20H21N3O4S/c1-22(2)28(26,27)17-6-3-13(4-7-17)20(25)21-16-11-14-5-8-18(24)23-10-9-15(12-16)19(14)23/h3-4,6-7,11-12H,5,8-10H2,1-2H3,(H,21,25). The molecule has 2 aliphatic rings. The zero-order valence-corrected chi connectivity index (χ0v) is 16.5. The maximum atomic E-state index is 12.6. The minimum Gasteiger partial charge on any atom is -0.322 e. The minimum absolute atomic E-state index is 0.140. The number of sulfonamides is 1. The zero-order chi connectivity index (χ0) is 20.1. The van der Waals surface area contributed by atoms with Crippen molar-refractivity contribution in [2.75, 3.05) is 30.9 Å². The SMILES string of the molecule is CN(C)S(=O)(=O)c1ccc(C(=O)Nc2cc3c4c(c2)CCN4C(=O)CC3)cc1. The van der Waals surface area contributed by atoms with Crippen molar-refractivity contribution in [3.8, 4) is 0 Å². The summed E-state index contributed by atoms with van der Waals surface area (Å²) in [5.74, 6) is -0.140. The number of aryl methyl sites for hydroxylation is 1. The second-order valence-corrected chi connectivity index (χ2v) is 9.36. The molecule has 7 nitrogen and oxygen atoms in total. The van der Waals surface area contributed by atoms with E-state index < -0.39 is 10.0 Å². The molecule has 0 unspecified atom stereocenters. The van der Waals surface area contributed by atoms with Crippen LogP contribution < -0.4 is 10.2 Å². The Balaban J connectivity index is 1.56. The van der Waals surface area contributed by atoms with Crippen molar-refractivity contribution in [1.82, 2.24) is 4.31 Å². The van der Waals surface area contributed by atoms with Gasteiger partial charge in [-0.3, -0.25) is 9.59 Å². The molecule has 28 heavy (non-hydrogen) atoms. The second-order valence-electron chi connectivity index (χ2n) is 7.20. The molecular weight excluding hydrogens is 378 g/mol. The Hall–Kier alpha value is -2.71. The van der Waals surface area contributed by atoms with Gasteiger partial charge in [0, 0.05) is 38.3 Å². The molecule has 2 aromatic carbocycles. The van der Waals surface area contributed by atoms with Gasteiger partial charge in [0.1, 0.15) is 0 Å². The molecule has 0 spiro atoms. The average Bonchev–Trinajstić information content (AvgIpc) is 3.10. The fraction of sp³-hybridized carbons (Fsp3) is 0.300. The van der Waals surface area contributed by atoms with Crippen molar-refractivity contribution in [3.05, 3.63) is 53.1 Å². The number of benzene rings is 2. The number of rotatable bonds is 4. The molecular formula is C20H21N3O4S. The maximum absolute atomic E-state index is 12.6. The topological polar surface area (TPSA) is 86.8 Å². The average molecular weight is 399 g/mol. The molecule has 0 atom stereocenters. The van der Waals surface area contributed by atoms with Crippen molar-refractivity contribution in [2.24, 2.45) is 0 Å². The van der Waals surface area contributed by atoms with Crippen molar-refractivity contribution in [3.63, 3.8) is 0 Å². The number of hydrogen-bond acceptors (Lipinski definition) is 4. The van der Waals surface area contributed by atoms with Gasteiger partial charge in [-0.05, 0) is 60.4 Å². The summed E-state index contributed by atoms with van der Waals surface area (Å²) in [4.78, 5) is 26.6. The van der Waals surface area contributed by atoms with Crippen LogP contribution in [0.5, 0.6) is 0 Å². The first-order chi connectivity index (χ1) is 13.3. The highest BCUT2D eigenvalue weighted by molar-refractivity contribution is 7.89. The number of carbonyl (C=O) groups excluding carboxylic acids is 2. The van der Waals surface area contributed by atoms with Crippen LogP contribution in [0, 0.1) is 0 Å². The molecule has 2 heterocycles. The number of amides is 2. The first-order valence-electron chi connectivity index (χ1n) is 9.07. The van der Waals surface area contributed by atoms with Crippen LogP contribution >= 0.6 is 0 Å². The van der Waals surface area contributed by atoms with Gasteiger partial charge in [-0.1, -0.05) is 0 Å². The Kier molecular flexibility index (Phi) is 4.47. The fourth-order valence-corrected chi connectivity index (χ4v) is 4.62. The Morgan fingerprint density at radius 2 is 1.68 bits per heavy atom. The highest BCUT2D eigenvalue weighted by Gasteiger charge is 2.31. The lowest BCUT2D eigenvalue weighted by Gasteiger charge is -2.25. The summed E-state index contributed by atoms with van der Waals surface area (Å²) in [5.41, 5.74) is 4.24. The van der Waals surface area contributed by atoms with Gasteiger partial charge in [0.15, 0.2) is 0 Å². The summed E-state index contributed by atoms with van der Waals surface area (Å²) in [5, 5.41) is 2.89. The number of hydrogen-bond donors (Lipinski definition) is 1. The van der Waals surface area contributed by atoms with Crippen LogP contribution in [-0.4, -0.2) is 45.2 Å². The third kappa shape index (κ3) is 3.08. The normalized spacial score (nSPS) is 15.7. The van der Waals surface area contributed by atoms with Gasteiger partial charge < -0.3 is 10.2 Å². The molecule has 0 aliphatic carbocycles. The van der Waals surface area contributed by atoms with Gasteiger partial charge >= 0.3 is 0 Å². The van der Waals surface area contributed by atoms with Gasteiger partial charge in [-0.15, -0.1) is 0 Å². The molecule has 8 heteroatoms. The van der Waals surface area contributed by atoms with Crippen molar-refractivity contribution < 1.29 is 18.0 Å². The largest absolute Gasteiger partial charge is 0.322 e. The first-order valence-corrected chi connectivity index (χ1v) is 10.5. The molecule has 4 rings (SSSR count). The molecule has 0 bridgehead atoms. The van der Waals surface area contributed by atoms with Crippen LogP contribution in [0.3, 0.4) is 0 Å². The first kappa shape index (κ1) is 18.6. The number of anilines is 2. The molecule has 0 fully saturated rings. The summed E-state index contributed by atoms with van der Waals surface area (Å²) < 4.78 is 25.4. The number of nitrogens with one attached hydrogen (secondary N) is 1. The van der Waals surface area contributed by atoms with Gasteiger partial charge in [-0.25, -0.2) is 12.7 Å². The van der Waals surface area contributed by atoms with E-state index in [2.05, 4.69) is 5.32 Å². The van der Waals surface area contributed by atoms with E-state index in [-0.39, 0.29) is 16.7 Å². The van der Waals surface area contributed by atoms with Gasteiger partial charge in [-0.2, -0.15) is 0 Å². The van der Waals surface area contributed by atoms with E-state index in [4.69, 9.17) is 0 Å². The lowest BCUT2D eigenvalue weighted by Crippen LogP contribution is -2.32. The summed E-state index contributed by atoms with van der Waals surface area (Å²) in [6.07, 6.45) is 1.96. The van der Waals surface area contributed by atoms with Crippen molar-refractivity contribution in [1.29, 1.82) is 0 Å². The Morgan fingerprint density at radius 1 is 1.04 bits per heavy atom.